The van der Waals surface area contributed by atoms with Crippen LogP contribution in [0.4, 0.5) is 5.13 Å². The smallest absolute Gasteiger partial charge is 0.264 e. The Kier molecular flexibility index (Phi) is 5.11. The van der Waals surface area contributed by atoms with E-state index in [1.807, 2.05) is 32.9 Å². The maximum atomic E-state index is 12.2. The second-order valence-electron chi connectivity index (χ2n) is 6.15. The molecule has 130 valence electrons. The maximum Gasteiger partial charge on any atom is 0.264 e. The van der Waals surface area contributed by atoms with Gasteiger partial charge >= 0.3 is 0 Å². The molecule has 25 heavy (non-hydrogen) atoms. The van der Waals surface area contributed by atoms with Crippen molar-refractivity contribution in [2.24, 2.45) is 0 Å². The van der Waals surface area contributed by atoms with E-state index in [-0.39, 0.29) is 12.5 Å². The number of benzene rings is 2. The molecule has 0 aliphatic carbocycles. The Labute approximate surface area is 159 Å². The number of anilines is 1. The molecule has 0 radical (unpaired) electrons. The predicted octanol–water partition coefficient (Wildman–Crippen LogP) is 5.31. The summed E-state index contributed by atoms with van der Waals surface area (Å²) in [4.78, 5) is 16.7. The fraction of sp³-hybridized carbons (Fsp3) is 0.263. The molecule has 0 fully saturated rings. The van der Waals surface area contributed by atoms with Gasteiger partial charge in [-0.3, -0.25) is 10.1 Å². The van der Waals surface area contributed by atoms with Gasteiger partial charge in [0, 0.05) is 4.47 Å². The topological polar surface area (TPSA) is 51.2 Å². The van der Waals surface area contributed by atoms with E-state index in [0.29, 0.717) is 5.13 Å². The van der Waals surface area contributed by atoms with Crippen LogP contribution in [0.1, 0.15) is 22.3 Å². The van der Waals surface area contributed by atoms with Crippen LogP contribution in [0.5, 0.6) is 5.75 Å². The van der Waals surface area contributed by atoms with E-state index < -0.39 is 0 Å². The number of carbonyl (C=O) groups excluding carboxylic acids is 1. The SMILES string of the molecule is Cc1cc(C)c2nc(NC(=O)COc3c(C)cc(Br)cc3C)sc2c1. The number of hydrogen-bond donors (Lipinski definition) is 1. The molecule has 0 atom stereocenters. The van der Waals surface area contributed by atoms with Crippen LogP contribution < -0.4 is 10.1 Å². The normalized spacial score (nSPS) is 10.9. The van der Waals surface area contributed by atoms with Gasteiger partial charge in [0.1, 0.15) is 5.75 Å². The molecule has 4 nitrogen and oxygen atoms in total. The summed E-state index contributed by atoms with van der Waals surface area (Å²) in [7, 11) is 0. The van der Waals surface area contributed by atoms with Crippen molar-refractivity contribution < 1.29 is 9.53 Å². The van der Waals surface area contributed by atoms with Crippen LogP contribution in [0, 0.1) is 27.7 Å². The molecule has 0 aliphatic heterocycles. The molecule has 0 bridgehead atoms. The van der Waals surface area contributed by atoms with Gasteiger partial charge in [-0.2, -0.15) is 0 Å². The summed E-state index contributed by atoms with van der Waals surface area (Å²) in [5.41, 5.74) is 5.23. The Balaban J connectivity index is 1.70. The molecular formula is C19H19BrN2O2S. The fourth-order valence-electron chi connectivity index (χ4n) is 2.84. The van der Waals surface area contributed by atoms with Crippen LogP contribution in [0.15, 0.2) is 28.7 Å². The highest BCUT2D eigenvalue weighted by atomic mass is 79.9. The first-order chi connectivity index (χ1) is 11.8. The number of halogens is 1. The summed E-state index contributed by atoms with van der Waals surface area (Å²) in [6, 6.07) is 8.12. The summed E-state index contributed by atoms with van der Waals surface area (Å²) in [5.74, 6) is 0.532. The first-order valence-corrected chi connectivity index (χ1v) is 9.51. The summed E-state index contributed by atoms with van der Waals surface area (Å²) < 4.78 is 7.79. The number of ether oxygens (including phenoxy) is 1. The van der Waals surface area contributed by atoms with Gasteiger partial charge in [0.15, 0.2) is 11.7 Å². The molecule has 0 spiro atoms. The van der Waals surface area contributed by atoms with Crippen molar-refractivity contribution in [1.29, 1.82) is 0 Å². The van der Waals surface area contributed by atoms with E-state index >= 15 is 0 Å². The number of thiazole rings is 1. The van der Waals surface area contributed by atoms with Gasteiger partial charge in [0.05, 0.1) is 10.2 Å². The number of nitrogens with zero attached hydrogens (tertiary/aromatic N) is 1. The zero-order valence-electron chi connectivity index (χ0n) is 14.6. The van der Waals surface area contributed by atoms with E-state index in [9.17, 15) is 4.79 Å². The van der Waals surface area contributed by atoms with Gasteiger partial charge < -0.3 is 4.74 Å². The van der Waals surface area contributed by atoms with E-state index in [1.165, 1.54) is 16.9 Å². The number of nitrogens with one attached hydrogen (secondary N) is 1. The van der Waals surface area contributed by atoms with E-state index in [0.717, 1.165) is 37.1 Å². The van der Waals surface area contributed by atoms with Crippen LogP contribution in [0.2, 0.25) is 0 Å². The van der Waals surface area contributed by atoms with Crippen LogP contribution in [0.25, 0.3) is 10.2 Å². The molecule has 6 heteroatoms. The third-order valence-corrected chi connectivity index (χ3v) is 5.22. The zero-order chi connectivity index (χ0) is 18.1. The monoisotopic (exact) mass is 418 g/mol. The lowest BCUT2D eigenvalue weighted by Crippen LogP contribution is -2.20. The quantitative estimate of drug-likeness (QED) is 0.624. The van der Waals surface area contributed by atoms with Crippen molar-refractivity contribution in [3.05, 3.63) is 51.0 Å². The van der Waals surface area contributed by atoms with Crippen molar-refractivity contribution in [3.8, 4) is 5.75 Å². The molecule has 0 unspecified atom stereocenters. The van der Waals surface area contributed by atoms with Gasteiger partial charge in [-0.05, 0) is 68.1 Å². The Hall–Kier alpha value is -1.92. The minimum Gasteiger partial charge on any atom is -0.483 e. The molecule has 1 amide bonds. The summed E-state index contributed by atoms with van der Waals surface area (Å²) >= 11 is 4.94. The average Bonchev–Trinajstić information content (AvgIpc) is 2.88. The number of aromatic nitrogens is 1. The maximum absolute atomic E-state index is 12.2. The molecule has 0 saturated carbocycles. The van der Waals surface area contributed by atoms with Crippen LogP contribution in [0.3, 0.4) is 0 Å². The molecule has 3 aromatic rings. The largest absolute Gasteiger partial charge is 0.483 e. The highest BCUT2D eigenvalue weighted by Crippen LogP contribution is 2.30. The minimum absolute atomic E-state index is 0.0444. The Morgan fingerprint density at radius 3 is 2.48 bits per heavy atom. The van der Waals surface area contributed by atoms with Crippen LogP contribution >= 0.6 is 27.3 Å². The highest BCUT2D eigenvalue weighted by Gasteiger charge is 2.12. The number of fused-ring (bicyclic) bond motifs is 1. The Morgan fingerprint density at radius 2 is 1.80 bits per heavy atom. The lowest BCUT2D eigenvalue weighted by Gasteiger charge is -2.12. The van der Waals surface area contributed by atoms with Crippen LogP contribution in [-0.2, 0) is 4.79 Å². The number of rotatable bonds is 4. The van der Waals surface area contributed by atoms with Crippen molar-refractivity contribution in [3.63, 3.8) is 0 Å². The number of hydrogen-bond acceptors (Lipinski definition) is 4. The van der Waals surface area contributed by atoms with Gasteiger partial charge in [-0.1, -0.05) is 33.3 Å². The summed E-state index contributed by atoms with van der Waals surface area (Å²) in [5, 5.41) is 3.43. The molecule has 3 rings (SSSR count). The molecule has 1 aromatic heterocycles. The van der Waals surface area contributed by atoms with Gasteiger partial charge in [-0.25, -0.2) is 4.98 Å². The molecule has 1 heterocycles. The standard InChI is InChI=1S/C19H19BrN2O2S/c1-10-5-11(2)17-15(6-10)25-19(22-17)21-16(23)9-24-18-12(3)7-14(20)8-13(18)4/h5-8H,9H2,1-4H3,(H,21,22,23). The van der Waals surface area contributed by atoms with E-state index in [1.54, 1.807) is 0 Å². The number of aryl methyl sites for hydroxylation is 4. The lowest BCUT2D eigenvalue weighted by atomic mass is 10.1. The van der Waals surface area contributed by atoms with Crippen molar-refractivity contribution in [1.82, 2.24) is 4.98 Å². The zero-order valence-corrected chi connectivity index (χ0v) is 17.0. The van der Waals surface area contributed by atoms with Crippen LogP contribution in [-0.4, -0.2) is 17.5 Å². The van der Waals surface area contributed by atoms with Crippen molar-refractivity contribution in [2.75, 3.05) is 11.9 Å². The highest BCUT2D eigenvalue weighted by molar-refractivity contribution is 9.10. The first kappa shape index (κ1) is 17.9. The number of carbonyl (C=O) groups is 1. The molecule has 0 aliphatic rings. The van der Waals surface area contributed by atoms with Gasteiger partial charge in [-0.15, -0.1) is 0 Å². The Morgan fingerprint density at radius 1 is 1.12 bits per heavy atom. The van der Waals surface area contributed by atoms with E-state index in [4.69, 9.17) is 4.74 Å². The molecule has 1 N–H and O–H groups in total. The fourth-order valence-corrected chi connectivity index (χ4v) is 4.59. The average molecular weight is 419 g/mol. The summed E-state index contributed by atoms with van der Waals surface area (Å²) in [6.45, 7) is 7.97. The molecule has 0 saturated heterocycles. The third kappa shape index (κ3) is 4.02. The van der Waals surface area contributed by atoms with E-state index in [2.05, 4.69) is 45.3 Å². The summed E-state index contributed by atoms with van der Waals surface area (Å²) in [6.07, 6.45) is 0. The first-order valence-electron chi connectivity index (χ1n) is 7.90. The minimum atomic E-state index is -0.213. The van der Waals surface area contributed by atoms with Gasteiger partial charge in [0.25, 0.3) is 5.91 Å². The van der Waals surface area contributed by atoms with Crippen molar-refractivity contribution in [2.45, 2.75) is 27.7 Å². The lowest BCUT2D eigenvalue weighted by molar-refractivity contribution is -0.118. The second kappa shape index (κ2) is 7.14. The molecule has 2 aromatic carbocycles. The third-order valence-electron chi connectivity index (χ3n) is 3.85. The van der Waals surface area contributed by atoms with Crippen molar-refractivity contribution >= 4 is 48.5 Å². The second-order valence-corrected chi connectivity index (χ2v) is 8.10. The predicted molar refractivity (Wildman–Crippen MR) is 107 cm³/mol. The molecular weight excluding hydrogens is 400 g/mol. The number of amides is 1. The Bertz CT molecular complexity index is 942. The van der Waals surface area contributed by atoms with Gasteiger partial charge in [0.2, 0.25) is 0 Å².